The van der Waals surface area contributed by atoms with Crippen molar-refractivity contribution in [3.8, 4) is 5.75 Å². The molecule has 3 amide bonds. The molecule has 10 heteroatoms. The van der Waals surface area contributed by atoms with Gasteiger partial charge in [-0.1, -0.05) is 26.0 Å². The molecule has 0 aliphatic carbocycles. The van der Waals surface area contributed by atoms with E-state index in [4.69, 9.17) is 5.73 Å². The zero-order chi connectivity index (χ0) is 24.7. The molecule has 1 aromatic carbocycles. The summed E-state index contributed by atoms with van der Waals surface area (Å²) in [6.07, 6.45) is 1.35. The molecule has 10 nitrogen and oxygen atoms in total. The van der Waals surface area contributed by atoms with Crippen LogP contribution in [0.4, 0.5) is 0 Å². The average Bonchev–Trinajstić information content (AvgIpc) is 3.23. The summed E-state index contributed by atoms with van der Waals surface area (Å²) in [4.78, 5) is 51.5. The van der Waals surface area contributed by atoms with Gasteiger partial charge in [-0.25, -0.2) is 4.79 Å². The van der Waals surface area contributed by atoms with Crippen molar-refractivity contribution in [2.75, 3.05) is 6.54 Å². The van der Waals surface area contributed by atoms with Crippen molar-refractivity contribution in [3.63, 3.8) is 0 Å². The Morgan fingerprint density at radius 3 is 2.21 bits per heavy atom. The van der Waals surface area contributed by atoms with Crippen molar-refractivity contribution in [2.24, 2.45) is 11.7 Å². The van der Waals surface area contributed by atoms with Crippen LogP contribution in [0, 0.1) is 5.92 Å². The van der Waals surface area contributed by atoms with Gasteiger partial charge in [-0.2, -0.15) is 0 Å². The van der Waals surface area contributed by atoms with Crippen LogP contribution in [0.25, 0.3) is 0 Å². The number of carboxylic acids is 1. The predicted octanol–water partition coefficient (Wildman–Crippen LogP) is 0.373. The molecule has 1 aliphatic heterocycles. The molecule has 1 saturated heterocycles. The van der Waals surface area contributed by atoms with Gasteiger partial charge in [-0.05, 0) is 49.8 Å². The summed E-state index contributed by atoms with van der Waals surface area (Å²) in [5.74, 6) is -2.47. The van der Waals surface area contributed by atoms with E-state index in [1.807, 2.05) is 13.8 Å². The topological polar surface area (TPSA) is 162 Å². The summed E-state index contributed by atoms with van der Waals surface area (Å²) in [7, 11) is 0. The molecular formula is C23H34N4O6. The summed E-state index contributed by atoms with van der Waals surface area (Å²) >= 11 is 0. The van der Waals surface area contributed by atoms with Crippen LogP contribution in [0.5, 0.6) is 5.75 Å². The molecule has 6 N–H and O–H groups in total. The summed E-state index contributed by atoms with van der Waals surface area (Å²) in [5, 5.41) is 24.4. The van der Waals surface area contributed by atoms with Gasteiger partial charge in [0, 0.05) is 13.0 Å². The predicted molar refractivity (Wildman–Crippen MR) is 121 cm³/mol. The lowest BCUT2D eigenvalue weighted by Gasteiger charge is -2.29. The Labute approximate surface area is 193 Å². The van der Waals surface area contributed by atoms with Crippen molar-refractivity contribution in [1.29, 1.82) is 0 Å². The molecule has 0 bridgehead atoms. The SMILES string of the molecule is CC(C)CC(NC(=O)C(C)N)C(=O)NC(Cc1ccc(O)cc1)C(=O)N1CCCC1C(=O)O. The Balaban J connectivity index is 2.27. The van der Waals surface area contributed by atoms with Gasteiger partial charge >= 0.3 is 5.97 Å². The first-order valence-electron chi connectivity index (χ1n) is 11.2. The summed E-state index contributed by atoms with van der Waals surface area (Å²) in [6.45, 7) is 5.60. The van der Waals surface area contributed by atoms with Crippen LogP contribution in [0.15, 0.2) is 24.3 Å². The van der Waals surface area contributed by atoms with Gasteiger partial charge < -0.3 is 31.5 Å². The molecule has 0 saturated carbocycles. The zero-order valence-electron chi connectivity index (χ0n) is 19.3. The van der Waals surface area contributed by atoms with E-state index in [0.29, 0.717) is 24.8 Å². The monoisotopic (exact) mass is 462 g/mol. The highest BCUT2D eigenvalue weighted by molar-refractivity contribution is 5.94. The Bertz CT molecular complexity index is 855. The lowest BCUT2D eigenvalue weighted by molar-refractivity contribution is -0.149. The number of carbonyl (C=O) groups excluding carboxylic acids is 3. The van der Waals surface area contributed by atoms with E-state index < -0.39 is 47.9 Å². The lowest BCUT2D eigenvalue weighted by atomic mass is 10.0. The van der Waals surface area contributed by atoms with Crippen LogP contribution in [0.1, 0.15) is 45.6 Å². The number of carboxylic acid groups (broad SMARTS) is 1. The molecule has 0 spiro atoms. The molecule has 1 heterocycles. The molecule has 0 aromatic heterocycles. The fourth-order valence-electron chi connectivity index (χ4n) is 3.83. The largest absolute Gasteiger partial charge is 0.508 e. The standard InChI is InChI=1S/C23H34N4O6/c1-13(2)11-17(25-20(29)14(3)24)21(30)26-18(12-15-6-8-16(28)9-7-15)22(31)27-10-4-5-19(27)23(32)33/h6-9,13-14,17-19,28H,4-5,10-12,24H2,1-3H3,(H,25,29)(H,26,30)(H,32,33). The third kappa shape index (κ3) is 7.45. The first kappa shape index (κ1) is 26.1. The summed E-state index contributed by atoms with van der Waals surface area (Å²) < 4.78 is 0. The van der Waals surface area contributed by atoms with Crippen LogP contribution >= 0.6 is 0 Å². The molecule has 1 aliphatic rings. The minimum Gasteiger partial charge on any atom is -0.508 e. The quantitative estimate of drug-likeness (QED) is 0.335. The van der Waals surface area contributed by atoms with Crippen molar-refractivity contribution in [2.45, 2.75) is 70.6 Å². The number of aliphatic carboxylic acids is 1. The Morgan fingerprint density at radius 2 is 1.67 bits per heavy atom. The minimum atomic E-state index is -1.09. The number of benzene rings is 1. The normalized spacial score (nSPS) is 18.5. The fourth-order valence-corrected chi connectivity index (χ4v) is 3.83. The number of hydrogen-bond donors (Lipinski definition) is 5. The van der Waals surface area contributed by atoms with Gasteiger partial charge in [0.15, 0.2) is 0 Å². The number of carbonyl (C=O) groups is 4. The number of rotatable bonds is 10. The third-order valence-electron chi connectivity index (χ3n) is 5.57. The second-order valence-corrected chi connectivity index (χ2v) is 8.94. The summed E-state index contributed by atoms with van der Waals surface area (Å²) in [5.41, 5.74) is 6.30. The molecule has 4 unspecified atom stereocenters. The van der Waals surface area contributed by atoms with Crippen molar-refractivity contribution in [3.05, 3.63) is 29.8 Å². The number of likely N-dealkylation sites (tertiary alicyclic amines) is 1. The van der Waals surface area contributed by atoms with E-state index in [9.17, 15) is 29.4 Å². The minimum absolute atomic E-state index is 0.0618. The molecule has 33 heavy (non-hydrogen) atoms. The number of nitrogens with two attached hydrogens (primary N) is 1. The second kappa shape index (κ2) is 11.6. The third-order valence-corrected chi connectivity index (χ3v) is 5.57. The first-order chi connectivity index (χ1) is 15.5. The maximum absolute atomic E-state index is 13.3. The number of nitrogens with zero attached hydrogens (tertiary/aromatic N) is 1. The molecule has 2 rings (SSSR count). The number of hydrogen-bond acceptors (Lipinski definition) is 6. The molecule has 0 radical (unpaired) electrons. The Kier molecular flexibility index (Phi) is 9.22. The van der Waals surface area contributed by atoms with Gasteiger partial charge in [0.2, 0.25) is 17.7 Å². The van der Waals surface area contributed by atoms with Gasteiger partial charge in [-0.15, -0.1) is 0 Å². The van der Waals surface area contributed by atoms with Crippen molar-refractivity contribution >= 4 is 23.7 Å². The molecule has 182 valence electrons. The van der Waals surface area contributed by atoms with Crippen LogP contribution in [-0.4, -0.2) is 69.5 Å². The lowest BCUT2D eigenvalue weighted by Crippen LogP contribution is -2.57. The molecular weight excluding hydrogens is 428 g/mol. The maximum Gasteiger partial charge on any atom is 0.326 e. The van der Waals surface area contributed by atoms with Crippen LogP contribution in [0.2, 0.25) is 0 Å². The molecule has 1 fully saturated rings. The molecule has 1 aromatic rings. The average molecular weight is 463 g/mol. The van der Waals surface area contributed by atoms with E-state index >= 15 is 0 Å². The van der Waals surface area contributed by atoms with Gasteiger partial charge in [0.05, 0.1) is 6.04 Å². The fraction of sp³-hybridized carbons (Fsp3) is 0.565. The van der Waals surface area contributed by atoms with E-state index in [1.54, 1.807) is 12.1 Å². The highest BCUT2D eigenvalue weighted by Crippen LogP contribution is 2.20. The first-order valence-corrected chi connectivity index (χ1v) is 11.2. The Hall–Kier alpha value is -3.14. The highest BCUT2D eigenvalue weighted by atomic mass is 16.4. The van der Waals surface area contributed by atoms with E-state index in [1.165, 1.54) is 24.0 Å². The molecule has 4 atom stereocenters. The number of phenolic OH excluding ortho intramolecular Hbond substituents is 1. The van der Waals surface area contributed by atoms with Gasteiger partial charge in [0.1, 0.15) is 23.9 Å². The van der Waals surface area contributed by atoms with Gasteiger partial charge in [0.25, 0.3) is 0 Å². The van der Waals surface area contributed by atoms with Crippen molar-refractivity contribution < 1.29 is 29.4 Å². The number of amides is 3. The number of nitrogens with one attached hydrogen (secondary N) is 2. The van der Waals surface area contributed by atoms with E-state index in [2.05, 4.69) is 10.6 Å². The Morgan fingerprint density at radius 1 is 1.06 bits per heavy atom. The number of phenols is 1. The van der Waals surface area contributed by atoms with E-state index in [-0.39, 0.29) is 24.6 Å². The second-order valence-electron chi connectivity index (χ2n) is 8.94. The zero-order valence-corrected chi connectivity index (χ0v) is 19.3. The van der Waals surface area contributed by atoms with Crippen molar-refractivity contribution in [1.82, 2.24) is 15.5 Å². The van der Waals surface area contributed by atoms with Crippen LogP contribution < -0.4 is 16.4 Å². The highest BCUT2D eigenvalue weighted by Gasteiger charge is 2.38. The number of aromatic hydroxyl groups is 1. The van der Waals surface area contributed by atoms with Crippen LogP contribution in [-0.2, 0) is 25.6 Å². The van der Waals surface area contributed by atoms with E-state index in [0.717, 1.165) is 0 Å². The maximum atomic E-state index is 13.3. The van der Waals surface area contributed by atoms with Crippen LogP contribution in [0.3, 0.4) is 0 Å². The smallest absolute Gasteiger partial charge is 0.326 e. The van der Waals surface area contributed by atoms with Gasteiger partial charge in [-0.3, -0.25) is 14.4 Å². The summed E-state index contributed by atoms with van der Waals surface area (Å²) in [6, 6.07) is 2.52.